The Morgan fingerprint density at radius 1 is 1.86 bits per heavy atom. The fourth-order valence-corrected chi connectivity index (χ4v) is 0.424. The van der Waals surface area contributed by atoms with Crippen molar-refractivity contribution in [2.75, 3.05) is 0 Å². The average molecular weight is 121 g/mol. The predicted molar refractivity (Wildman–Crippen MR) is 30.6 cm³/mol. The molecule has 0 fully saturated rings. The lowest BCUT2D eigenvalue weighted by atomic mass is 10.3. The van der Waals surface area contributed by atoms with Crippen LogP contribution >= 0.6 is 11.6 Å². The zero-order chi connectivity index (χ0) is 5.70. The van der Waals surface area contributed by atoms with E-state index in [1.54, 1.807) is 0 Å². The third-order valence-electron chi connectivity index (χ3n) is 0.682. The maximum absolute atomic E-state index is 9.65. The minimum absolute atomic E-state index is 0.144. The smallest absolute Gasteiger partial charge is 0.120 e. The van der Waals surface area contributed by atoms with Crippen molar-refractivity contribution in [1.29, 1.82) is 0 Å². The van der Waals surface area contributed by atoms with Crippen molar-refractivity contribution in [2.45, 2.75) is 25.1 Å². The highest BCUT2D eigenvalue weighted by atomic mass is 35.5. The van der Waals surface area contributed by atoms with Gasteiger partial charge in [0.1, 0.15) is 6.29 Å². The van der Waals surface area contributed by atoms with Crippen LogP contribution in [0.4, 0.5) is 0 Å². The second-order valence-corrected chi connectivity index (χ2v) is 2.27. The zero-order valence-corrected chi connectivity index (χ0v) is 5.11. The van der Waals surface area contributed by atoms with Crippen LogP contribution in [0.25, 0.3) is 0 Å². The third kappa shape index (κ3) is 5.96. The van der Waals surface area contributed by atoms with Gasteiger partial charge < -0.3 is 4.79 Å². The van der Waals surface area contributed by atoms with E-state index in [2.05, 4.69) is 0 Å². The Bertz CT molecular complexity index is 52.0. The molecular weight excluding hydrogens is 112 g/mol. The van der Waals surface area contributed by atoms with Crippen LogP contribution in [-0.2, 0) is 4.79 Å². The number of rotatable bonds is 3. The fourth-order valence-electron chi connectivity index (χ4n) is 0.298. The molecule has 0 aromatic carbocycles. The average Bonchev–Trinajstić information content (AvgIpc) is 1.61. The summed E-state index contributed by atoms with van der Waals surface area (Å²) in [4.78, 5) is 9.65. The lowest BCUT2D eigenvalue weighted by molar-refractivity contribution is -0.107. The number of carbonyl (C=O) groups excluding carboxylic acids is 1. The molecule has 7 heavy (non-hydrogen) atoms. The van der Waals surface area contributed by atoms with Crippen LogP contribution in [0.1, 0.15) is 19.8 Å². The van der Waals surface area contributed by atoms with Gasteiger partial charge in [-0.3, -0.25) is 0 Å². The predicted octanol–water partition coefficient (Wildman–Crippen LogP) is 1.59. The lowest BCUT2D eigenvalue weighted by Gasteiger charge is -1.92. The summed E-state index contributed by atoms with van der Waals surface area (Å²) in [6, 6.07) is 0. The molecule has 0 N–H and O–H groups in total. The standard InChI is InChI=1S/C5H9ClO/c1-5(6)3-2-4-7/h4-5H,2-3H2,1H3. The SMILES string of the molecule is CC(Cl)CCC=O. The molecule has 0 aliphatic heterocycles. The van der Waals surface area contributed by atoms with Crippen LogP contribution < -0.4 is 0 Å². The highest BCUT2D eigenvalue weighted by Gasteiger charge is 1.91. The monoisotopic (exact) mass is 120 g/mol. The highest BCUT2D eigenvalue weighted by molar-refractivity contribution is 6.20. The van der Waals surface area contributed by atoms with Crippen LogP contribution in [0.3, 0.4) is 0 Å². The molecule has 0 aliphatic rings. The van der Waals surface area contributed by atoms with Gasteiger partial charge in [-0.2, -0.15) is 0 Å². The number of aldehydes is 1. The van der Waals surface area contributed by atoms with E-state index in [1.165, 1.54) is 0 Å². The van der Waals surface area contributed by atoms with Gasteiger partial charge >= 0.3 is 0 Å². The first-order valence-corrected chi connectivity index (χ1v) is 2.78. The van der Waals surface area contributed by atoms with Crippen LogP contribution in [0.15, 0.2) is 0 Å². The second-order valence-electron chi connectivity index (χ2n) is 1.52. The van der Waals surface area contributed by atoms with Crippen molar-refractivity contribution in [2.24, 2.45) is 0 Å². The van der Waals surface area contributed by atoms with Crippen LogP contribution in [0.2, 0.25) is 0 Å². The molecule has 0 bridgehead atoms. The Balaban J connectivity index is 2.81. The highest BCUT2D eigenvalue weighted by Crippen LogP contribution is 2.00. The van der Waals surface area contributed by atoms with Gasteiger partial charge in [-0.05, 0) is 13.3 Å². The molecule has 1 nitrogen and oxygen atoms in total. The minimum atomic E-state index is 0.144. The first-order valence-electron chi connectivity index (χ1n) is 2.35. The van der Waals surface area contributed by atoms with E-state index in [0.29, 0.717) is 6.42 Å². The Labute approximate surface area is 48.7 Å². The van der Waals surface area contributed by atoms with Crippen molar-refractivity contribution < 1.29 is 4.79 Å². The second kappa shape index (κ2) is 4.13. The molecule has 0 aromatic heterocycles. The van der Waals surface area contributed by atoms with Crippen LogP contribution in [-0.4, -0.2) is 11.7 Å². The largest absolute Gasteiger partial charge is 0.303 e. The third-order valence-corrected chi connectivity index (χ3v) is 0.901. The quantitative estimate of drug-likeness (QED) is 0.408. The Kier molecular flexibility index (Phi) is 4.10. The number of hydrogen-bond donors (Lipinski definition) is 0. The molecule has 0 saturated heterocycles. The molecule has 42 valence electrons. The molecule has 0 radical (unpaired) electrons. The minimum Gasteiger partial charge on any atom is -0.303 e. The number of hydrogen-bond acceptors (Lipinski definition) is 1. The molecule has 0 heterocycles. The van der Waals surface area contributed by atoms with E-state index in [4.69, 9.17) is 11.6 Å². The number of halogens is 1. The van der Waals surface area contributed by atoms with Gasteiger partial charge in [0.2, 0.25) is 0 Å². The van der Waals surface area contributed by atoms with E-state index in [-0.39, 0.29) is 5.38 Å². The summed E-state index contributed by atoms with van der Waals surface area (Å²) in [5, 5.41) is 0.144. The maximum atomic E-state index is 9.65. The van der Waals surface area contributed by atoms with Gasteiger partial charge in [0.05, 0.1) is 0 Å². The van der Waals surface area contributed by atoms with Gasteiger partial charge in [-0.1, -0.05) is 0 Å². The van der Waals surface area contributed by atoms with Crippen molar-refractivity contribution >= 4 is 17.9 Å². The molecule has 0 aliphatic carbocycles. The van der Waals surface area contributed by atoms with Gasteiger partial charge in [0.25, 0.3) is 0 Å². The summed E-state index contributed by atoms with van der Waals surface area (Å²) in [5.41, 5.74) is 0. The molecule has 1 unspecified atom stereocenters. The molecule has 2 heteroatoms. The van der Waals surface area contributed by atoms with E-state index < -0.39 is 0 Å². The summed E-state index contributed by atoms with van der Waals surface area (Å²) in [5.74, 6) is 0. The zero-order valence-electron chi connectivity index (χ0n) is 4.36. The summed E-state index contributed by atoms with van der Waals surface area (Å²) in [6.07, 6.45) is 2.27. The van der Waals surface area contributed by atoms with Crippen LogP contribution in [0.5, 0.6) is 0 Å². The van der Waals surface area contributed by atoms with E-state index >= 15 is 0 Å². The number of alkyl halides is 1. The van der Waals surface area contributed by atoms with Gasteiger partial charge in [-0.25, -0.2) is 0 Å². The first-order chi connectivity index (χ1) is 3.27. The first kappa shape index (κ1) is 6.96. The molecule has 0 amide bonds. The molecule has 0 saturated carbocycles. The Hall–Kier alpha value is -0.0400. The fraction of sp³-hybridized carbons (Fsp3) is 0.800. The van der Waals surface area contributed by atoms with Gasteiger partial charge in [0.15, 0.2) is 0 Å². The number of carbonyl (C=O) groups is 1. The topological polar surface area (TPSA) is 17.1 Å². The summed E-state index contributed by atoms with van der Waals surface area (Å²) >= 11 is 5.50. The van der Waals surface area contributed by atoms with Crippen molar-refractivity contribution in [3.8, 4) is 0 Å². The maximum Gasteiger partial charge on any atom is 0.120 e. The molecule has 0 rings (SSSR count). The Morgan fingerprint density at radius 3 is 2.57 bits per heavy atom. The van der Waals surface area contributed by atoms with Crippen molar-refractivity contribution in [3.63, 3.8) is 0 Å². The van der Waals surface area contributed by atoms with Crippen molar-refractivity contribution in [1.82, 2.24) is 0 Å². The van der Waals surface area contributed by atoms with Crippen LogP contribution in [0, 0.1) is 0 Å². The molecule has 0 aromatic rings. The van der Waals surface area contributed by atoms with E-state index in [1.807, 2.05) is 6.92 Å². The molecule has 1 atom stereocenters. The van der Waals surface area contributed by atoms with Gasteiger partial charge in [-0.15, -0.1) is 11.6 Å². The summed E-state index contributed by atoms with van der Waals surface area (Å²) in [7, 11) is 0. The Morgan fingerprint density at radius 2 is 2.43 bits per heavy atom. The lowest BCUT2D eigenvalue weighted by Crippen LogP contribution is -1.89. The molecule has 0 spiro atoms. The molecular formula is C5H9ClO. The van der Waals surface area contributed by atoms with E-state index in [0.717, 1.165) is 12.7 Å². The van der Waals surface area contributed by atoms with E-state index in [9.17, 15) is 4.79 Å². The van der Waals surface area contributed by atoms with Crippen molar-refractivity contribution in [3.05, 3.63) is 0 Å². The van der Waals surface area contributed by atoms with Gasteiger partial charge in [0, 0.05) is 11.8 Å². The summed E-state index contributed by atoms with van der Waals surface area (Å²) in [6.45, 7) is 1.88. The summed E-state index contributed by atoms with van der Waals surface area (Å²) < 4.78 is 0. The normalized spacial score (nSPS) is 13.4.